The van der Waals surface area contributed by atoms with Gasteiger partial charge in [0.15, 0.2) is 0 Å². The predicted molar refractivity (Wildman–Crippen MR) is 71.3 cm³/mol. The fourth-order valence-corrected chi connectivity index (χ4v) is 1.82. The van der Waals surface area contributed by atoms with Crippen LogP contribution >= 0.6 is 11.6 Å². The van der Waals surface area contributed by atoms with E-state index in [0.717, 1.165) is 11.9 Å². The van der Waals surface area contributed by atoms with Crippen molar-refractivity contribution >= 4 is 23.0 Å². The van der Waals surface area contributed by atoms with Gasteiger partial charge >= 0.3 is 0 Å². The van der Waals surface area contributed by atoms with Gasteiger partial charge in [-0.1, -0.05) is 11.6 Å². The largest absolute Gasteiger partial charge is 0.379 e. The number of aryl methyl sites for hydroxylation is 1. The number of H-pyrrole nitrogens is 1. The molecule has 7 nitrogen and oxygen atoms in total. The van der Waals surface area contributed by atoms with Gasteiger partial charge in [0.2, 0.25) is 0 Å². The Balaban J connectivity index is 1.98. The highest BCUT2D eigenvalue weighted by atomic mass is 35.5. The van der Waals surface area contributed by atoms with E-state index in [1.165, 1.54) is 12.4 Å². The van der Waals surface area contributed by atoms with Gasteiger partial charge in [0.25, 0.3) is 5.69 Å². The zero-order chi connectivity index (χ0) is 14.5. The van der Waals surface area contributed by atoms with E-state index in [1.807, 2.05) is 0 Å². The average Bonchev–Trinajstić information content (AvgIpc) is 2.91. The molecule has 1 aromatic heterocycles. The number of nitro benzene ring substituents is 1. The molecule has 2 rings (SSSR count). The molecule has 1 heterocycles. The van der Waals surface area contributed by atoms with Crippen molar-refractivity contribution in [2.24, 2.45) is 0 Å². The average molecular weight is 300 g/mol. The van der Waals surface area contributed by atoms with Crippen LogP contribution in [0.4, 0.5) is 15.8 Å². The third kappa shape index (κ3) is 3.41. The molecule has 0 aliphatic heterocycles. The summed E-state index contributed by atoms with van der Waals surface area (Å²) in [5.74, 6) is -0.0796. The Morgan fingerprint density at radius 2 is 2.30 bits per heavy atom. The first-order valence-corrected chi connectivity index (χ1v) is 6.17. The van der Waals surface area contributed by atoms with Crippen LogP contribution in [0.5, 0.6) is 0 Å². The van der Waals surface area contributed by atoms with Crippen LogP contribution < -0.4 is 5.32 Å². The number of benzene rings is 1. The second-order valence-corrected chi connectivity index (χ2v) is 4.41. The number of hydrogen-bond acceptors (Lipinski definition) is 5. The SMILES string of the molecule is O=[N+]([O-])c1cc(F)c(Cl)cc1NCCCc1ncn[nH]1. The fourth-order valence-electron chi connectivity index (χ4n) is 1.66. The smallest absolute Gasteiger partial charge is 0.295 e. The summed E-state index contributed by atoms with van der Waals surface area (Å²) in [6.45, 7) is 0.462. The number of nitro groups is 1. The first kappa shape index (κ1) is 14.2. The van der Waals surface area contributed by atoms with Crippen LogP contribution in [0.2, 0.25) is 5.02 Å². The highest BCUT2D eigenvalue weighted by molar-refractivity contribution is 6.31. The molecule has 106 valence electrons. The third-order valence-corrected chi connectivity index (χ3v) is 2.90. The summed E-state index contributed by atoms with van der Waals surface area (Å²) in [4.78, 5) is 14.1. The van der Waals surface area contributed by atoms with E-state index in [0.29, 0.717) is 19.4 Å². The molecular weight excluding hydrogens is 289 g/mol. The maximum Gasteiger partial charge on any atom is 0.295 e. The third-order valence-electron chi connectivity index (χ3n) is 2.61. The van der Waals surface area contributed by atoms with E-state index in [2.05, 4.69) is 20.5 Å². The molecule has 0 radical (unpaired) electrons. The molecule has 0 aliphatic carbocycles. The zero-order valence-electron chi connectivity index (χ0n) is 10.3. The van der Waals surface area contributed by atoms with Crippen LogP contribution in [0.1, 0.15) is 12.2 Å². The Morgan fingerprint density at radius 3 is 2.95 bits per heavy atom. The molecule has 0 unspecified atom stereocenters. The van der Waals surface area contributed by atoms with Crippen molar-refractivity contribution < 1.29 is 9.31 Å². The number of rotatable bonds is 6. The molecule has 0 fully saturated rings. The normalized spacial score (nSPS) is 10.5. The van der Waals surface area contributed by atoms with Gasteiger partial charge in [0.1, 0.15) is 23.7 Å². The lowest BCUT2D eigenvalue weighted by Gasteiger charge is -2.07. The molecule has 0 aliphatic rings. The van der Waals surface area contributed by atoms with Crippen LogP contribution in [0.15, 0.2) is 18.5 Å². The van der Waals surface area contributed by atoms with Crippen LogP contribution in [0.3, 0.4) is 0 Å². The minimum absolute atomic E-state index is 0.159. The lowest BCUT2D eigenvalue weighted by atomic mass is 10.2. The number of nitrogens with zero attached hydrogens (tertiary/aromatic N) is 3. The van der Waals surface area contributed by atoms with Crippen molar-refractivity contribution in [1.29, 1.82) is 0 Å². The molecular formula is C11H11ClFN5O2. The topological polar surface area (TPSA) is 96.7 Å². The molecule has 0 bridgehead atoms. The highest BCUT2D eigenvalue weighted by Gasteiger charge is 2.17. The summed E-state index contributed by atoms with van der Waals surface area (Å²) in [7, 11) is 0. The maximum atomic E-state index is 13.2. The van der Waals surface area contributed by atoms with Crippen molar-refractivity contribution in [3.63, 3.8) is 0 Å². The number of aromatic amines is 1. The first-order chi connectivity index (χ1) is 9.58. The molecule has 2 aromatic rings. The summed E-state index contributed by atoms with van der Waals surface area (Å²) in [6.07, 6.45) is 2.74. The van der Waals surface area contributed by atoms with Gasteiger partial charge in [-0.25, -0.2) is 9.37 Å². The lowest BCUT2D eigenvalue weighted by Crippen LogP contribution is -2.06. The molecule has 0 spiro atoms. The molecule has 0 saturated carbocycles. The second kappa shape index (κ2) is 6.29. The number of hydrogen-bond donors (Lipinski definition) is 2. The number of halogens is 2. The maximum absolute atomic E-state index is 13.2. The zero-order valence-corrected chi connectivity index (χ0v) is 11.0. The molecule has 0 amide bonds. The monoisotopic (exact) mass is 299 g/mol. The van der Waals surface area contributed by atoms with E-state index in [9.17, 15) is 14.5 Å². The van der Waals surface area contributed by atoms with Crippen molar-refractivity contribution in [1.82, 2.24) is 15.2 Å². The van der Waals surface area contributed by atoms with Gasteiger partial charge in [0, 0.05) is 13.0 Å². The van der Waals surface area contributed by atoms with E-state index in [4.69, 9.17) is 11.6 Å². The minimum atomic E-state index is -0.814. The second-order valence-electron chi connectivity index (χ2n) is 4.00. The summed E-state index contributed by atoms with van der Waals surface area (Å²) < 4.78 is 13.2. The number of anilines is 1. The Bertz CT molecular complexity index is 605. The van der Waals surface area contributed by atoms with Crippen LogP contribution in [0, 0.1) is 15.9 Å². The molecule has 2 N–H and O–H groups in total. The van der Waals surface area contributed by atoms with E-state index in [-0.39, 0.29) is 16.4 Å². The van der Waals surface area contributed by atoms with E-state index < -0.39 is 10.7 Å². The first-order valence-electron chi connectivity index (χ1n) is 5.79. The van der Waals surface area contributed by atoms with Crippen LogP contribution in [0.25, 0.3) is 0 Å². The summed E-state index contributed by atoms with van der Waals surface area (Å²) in [5, 5.41) is 20.0. The highest BCUT2D eigenvalue weighted by Crippen LogP contribution is 2.30. The van der Waals surface area contributed by atoms with Gasteiger partial charge in [-0.2, -0.15) is 5.10 Å². The lowest BCUT2D eigenvalue weighted by molar-refractivity contribution is -0.384. The Hall–Kier alpha value is -2.22. The molecule has 1 aromatic carbocycles. The Morgan fingerprint density at radius 1 is 1.50 bits per heavy atom. The van der Waals surface area contributed by atoms with Crippen molar-refractivity contribution in [3.05, 3.63) is 45.2 Å². The minimum Gasteiger partial charge on any atom is -0.379 e. The molecule has 0 atom stereocenters. The van der Waals surface area contributed by atoms with Gasteiger partial charge in [-0.15, -0.1) is 0 Å². The van der Waals surface area contributed by atoms with Gasteiger partial charge in [-0.05, 0) is 12.5 Å². The summed E-state index contributed by atoms with van der Waals surface area (Å²) in [5.41, 5.74) is -0.148. The Kier molecular flexibility index (Phi) is 4.46. The van der Waals surface area contributed by atoms with Gasteiger partial charge in [-0.3, -0.25) is 15.2 Å². The van der Waals surface area contributed by atoms with Crippen molar-refractivity contribution in [3.8, 4) is 0 Å². The van der Waals surface area contributed by atoms with Gasteiger partial charge in [0.05, 0.1) is 16.0 Å². The van der Waals surface area contributed by atoms with Crippen LogP contribution in [-0.4, -0.2) is 26.6 Å². The quantitative estimate of drug-likeness (QED) is 0.485. The standard InChI is InChI=1S/C11H11ClFN5O2/c12-7-4-9(10(18(19)20)5-8(7)13)14-3-1-2-11-15-6-16-17-11/h4-6,14H,1-3H2,(H,15,16,17). The number of aromatic nitrogens is 3. The molecule has 0 saturated heterocycles. The summed E-state index contributed by atoms with van der Waals surface area (Å²) >= 11 is 5.62. The predicted octanol–water partition coefficient (Wildman–Crippen LogP) is 2.55. The summed E-state index contributed by atoms with van der Waals surface area (Å²) in [6, 6.07) is 2.02. The van der Waals surface area contributed by atoms with Gasteiger partial charge < -0.3 is 5.32 Å². The van der Waals surface area contributed by atoms with Crippen molar-refractivity contribution in [2.75, 3.05) is 11.9 Å². The fraction of sp³-hybridized carbons (Fsp3) is 0.273. The Labute approximate surface area is 118 Å². The molecule has 9 heteroatoms. The molecule has 20 heavy (non-hydrogen) atoms. The number of nitrogens with one attached hydrogen (secondary N) is 2. The van der Waals surface area contributed by atoms with E-state index in [1.54, 1.807) is 0 Å². The van der Waals surface area contributed by atoms with Crippen LogP contribution in [-0.2, 0) is 6.42 Å². The van der Waals surface area contributed by atoms with E-state index >= 15 is 0 Å². The van der Waals surface area contributed by atoms with Crippen molar-refractivity contribution in [2.45, 2.75) is 12.8 Å².